The van der Waals surface area contributed by atoms with E-state index >= 15 is 0 Å². The fourth-order valence-corrected chi connectivity index (χ4v) is 3.34. The Bertz CT molecular complexity index is 653. The summed E-state index contributed by atoms with van der Waals surface area (Å²) in [5.41, 5.74) is 2.44. The molecule has 0 amide bonds. The zero-order valence-corrected chi connectivity index (χ0v) is 15.5. The van der Waals surface area contributed by atoms with Gasteiger partial charge in [0.05, 0.1) is 13.2 Å². The highest BCUT2D eigenvalue weighted by Crippen LogP contribution is 2.18. The van der Waals surface area contributed by atoms with E-state index in [0.717, 1.165) is 49.1 Å². The molecule has 2 aromatic rings. The first-order valence-electron chi connectivity index (χ1n) is 8.99. The summed E-state index contributed by atoms with van der Waals surface area (Å²) in [4.78, 5) is 2.52. The van der Waals surface area contributed by atoms with Crippen molar-refractivity contribution in [1.29, 1.82) is 0 Å². The molecule has 1 unspecified atom stereocenters. The van der Waals surface area contributed by atoms with Crippen LogP contribution in [0.25, 0.3) is 0 Å². The number of hydrogen-bond acceptors (Lipinski definition) is 3. The van der Waals surface area contributed by atoms with Crippen LogP contribution in [0, 0.1) is 0 Å². The predicted molar refractivity (Wildman–Crippen MR) is 102 cm³/mol. The van der Waals surface area contributed by atoms with Gasteiger partial charge in [0.15, 0.2) is 0 Å². The van der Waals surface area contributed by atoms with Crippen LogP contribution in [0.3, 0.4) is 0 Å². The van der Waals surface area contributed by atoms with Crippen LogP contribution in [0.1, 0.15) is 24.5 Å². The molecule has 1 heterocycles. The van der Waals surface area contributed by atoms with Gasteiger partial charge in [0.2, 0.25) is 0 Å². The first-order valence-corrected chi connectivity index (χ1v) is 9.36. The molecule has 0 aromatic heterocycles. The van der Waals surface area contributed by atoms with Gasteiger partial charge in [0, 0.05) is 24.2 Å². The monoisotopic (exact) mass is 359 g/mol. The van der Waals surface area contributed by atoms with Gasteiger partial charge >= 0.3 is 0 Å². The third-order valence-electron chi connectivity index (χ3n) is 4.74. The average Bonchev–Trinajstić information content (AvgIpc) is 2.66. The first-order chi connectivity index (χ1) is 12.2. The lowest BCUT2D eigenvalue weighted by Gasteiger charge is -2.32. The molecule has 4 heteroatoms. The second-order valence-corrected chi connectivity index (χ2v) is 7.04. The number of rotatable bonds is 7. The fourth-order valence-electron chi connectivity index (χ4n) is 3.12. The van der Waals surface area contributed by atoms with Crippen LogP contribution in [-0.4, -0.2) is 37.2 Å². The maximum Gasteiger partial charge on any atom is 0.119 e. The third kappa shape index (κ3) is 5.74. The summed E-state index contributed by atoms with van der Waals surface area (Å²) in [5.74, 6) is 0.893. The molecule has 1 atom stereocenters. The molecule has 2 aromatic carbocycles. The number of nitrogens with zero attached hydrogens (tertiary/aromatic N) is 1. The Morgan fingerprint density at radius 1 is 1.08 bits per heavy atom. The van der Waals surface area contributed by atoms with Crippen molar-refractivity contribution >= 4 is 11.6 Å². The highest BCUT2D eigenvalue weighted by molar-refractivity contribution is 6.30. The van der Waals surface area contributed by atoms with Gasteiger partial charge in [0.25, 0.3) is 0 Å². The Balaban J connectivity index is 1.45. The molecule has 0 aliphatic carbocycles. The van der Waals surface area contributed by atoms with Crippen LogP contribution in [0.4, 0.5) is 0 Å². The van der Waals surface area contributed by atoms with Crippen molar-refractivity contribution in [3.8, 4) is 5.75 Å². The van der Waals surface area contributed by atoms with Crippen LogP contribution < -0.4 is 4.74 Å². The van der Waals surface area contributed by atoms with Crippen molar-refractivity contribution in [3.63, 3.8) is 0 Å². The van der Waals surface area contributed by atoms with E-state index in [1.54, 1.807) is 0 Å². The number of aryl methyl sites for hydroxylation is 1. The number of ether oxygens (including phenoxy) is 2. The summed E-state index contributed by atoms with van der Waals surface area (Å²) in [6.07, 6.45) is 2.26. The fraction of sp³-hybridized carbons (Fsp3) is 0.429. The maximum absolute atomic E-state index is 6.00. The molecule has 3 rings (SSSR count). The molecule has 0 radical (unpaired) electrons. The summed E-state index contributed by atoms with van der Waals surface area (Å²) in [6.45, 7) is 6.68. The van der Waals surface area contributed by atoms with Crippen molar-refractivity contribution in [1.82, 2.24) is 4.90 Å². The standard InChI is InChI=1S/C21H26ClNO2/c1-17(23-11-13-24-14-12-23)5-6-18-7-9-21(10-8-18)25-16-19-3-2-4-20(22)15-19/h2-4,7-10,15,17H,5-6,11-14,16H2,1H3. The molecule has 25 heavy (non-hydrogen) atoms. The molecule has 0 bridgehead atoms. The lowest BCUT2D eigenvalue weighted by atomic mass is 10.0. The highest BCUT2D eigenvalue weighted by atomic mass is 35.5. The molecular weight excluding hydrogens is 334 g/mol. The predicted octanol–water partition coefficient (Wildman–Crippen LogP) is 4.57. The third-order valence-corrected chi connectivity index (χ3v) is 4.97. The lowest BCUT2D eigenvalue weighted by Crippen LogP contribution is -2.42. The molecule has 1 aliphatic heterocycles. The normalized spacial score (nSPS) is 16.6. The van der Waals surface area contributed by atoms with Crippen molar-refractivity contribution in [3.05, 3.63) is 64.7 Å². The van der Waals surface area contributed by atoms with Gasteiger partial charge in [0.1, 0.15) is 12.4 Å². The van der Waals surface area contributed by atoms with Crippen LogP contribution in [0.5, 0.6) is 5.75 Å². The Kier molecular flexibility index (Phi) is 6.74. The second-order valence-electron chi connectivity index (χ2n) is 6.60. The van der Waals surface area contributed by atoms with Crippen molar-refractivity contribution < 1.29 is 9.47 Å². The molecular formula is C21H26ClNO2. The quantitative estimate of drug-likeness (QED) is 0.722. The van der Waals surface area contributed by atoms with E-state index in [4.69, 9.17) is 21.1 Å². The SMILES string of the molecule is CC(CCc1ccc(OCc2cccc(Cl)c2)cc1)N1CCOCC1. The Hall–Kier alpha value is -1.55. The van der Waals surface area contributed by atoms with E-state index < -0.39 is 0 Å². The number of morpholine rings is 1. The Morgan fingerprint density at radius 2 is 1.84 bits per heavy atom. The number of benzene rings is 2. The van der Waals surface area contributed by atoms with Gasteiger partial charge in [-0.15, -0.1) is 0 Å². The van der Waals surface area contributed by atoms with Crippen LogP contribution in [0.2, 0.25) is 5.02 Å². The zero-order valence-electron chi connectivity index (χ0n) is 14.8. The van der Waals surface area contributed by atoms with Crippen LogP contribution in [-0.2, 0) is 17.8 Å². The summed E-state index contributed by atoms with van der Waals surface area (Å²) < 4.78 is 11.3. The van der Waals surface area contributed by atoms with E-state index in [-0.39, 0.29) is 0 Å². The van der Waals surface area contributed by atoms with Crippen molar-refractivity contribution in [2.75, 3.05) is 26.3 Å². The molecule has 1 fully saturated rings. The van der Waals surface area contributed by atoms with Crippen molar-refractivity contribution in [2.45, 2.75) is 32.4 Å². The maximum atomic E-state index is 6.00. The number of hydrogen-bond donors (Lipinski definition) is 0. The summed E-state index contributed by atoms with van der Waals surface area (Å²) in [7, 11) is 0. The van der Waals surface area contributed by atoms with Gasteiger partial charge in [-0.1, -0.05) is 35.9 Å². The molecule has 3 nitrogen and oxygen atoms in total. The molecule has 0 spiro atoms. The van der Waals surface area contributed by atoms with Gasteiger partial charge in [-0.2, -0.15) is 0 Å². The molecule has 0 N–H and O–H groups in total. The smallest absolute Gasteiger partial charge is 0.119 e. The molecule has 1 saturated heterocycles. The van der Waals surface area contributed by atoms with Crippen LogP contribution >= 0.6 is 11.6 Å². The lowest BCUT2D eigenvalue weighted by molar-refractivity contribution is 0.0187. The summed E-state index contributed by atoms with van der Waals surface area (Å²) >= 11 is 6.00. The van der Waals surface area contributed by atoms with Crippen LogP contribution in [0.15, 0.2) is 48.5 Å². The van der Waals surface area contributed by atoms with E-state index in [2.05, 4.69) is 36.1 Å². The largest absolute Gasteiger partial charge is 0.489 e. The minimum absolute atomic E-state index is 0.536. The van der Waals surface area contributed by atoms with Gasteiger partial charge in [-0.3, -0.25) is 4.90 Å². The van der Waals surface area contributed by atoms with E-state index in [0.29, 0.717) is 12.6 Å². The zero-order chi connectivity index (χ0) is 17.5. The topological polar surface area (TPSA) is 21.7 Å². The summed E-state index contributed by atoms with van der Waals surface area (Å²) in [5, 5.41) is 0.742. The first kappa shape index (κ1) is 18.2. The Morgan fingerprint density at radius 3 is 2.56 bits per heavy atom. The second kappa shape index (κ2) is 9.23. The van der Waals surface area contributed by atoms with Gasteiger partial charge < -0.3 is 9.47 Å². The van der Waals surface area contributed by atoms with E-state index in [1.807, 2.05) is 24.3 Å². The number of halogens is 1. The highest BCUT2D eigenvalue weighted by Gasteiger charge is 2.16. The average molecular weight is 360 g/mol. The van der Waals surface area contributed by atoms with Gasteiger partial charge in [-0.05, 0) is 55.2 Å². The van der Waals surface area contributed by atoms with E-state index in [1.165, 1.54) is 12.0 Å². The molecule has 1 aliphatic rings. The minimum atomic E-state index is 0.536. The van der Waals surface area contributed by atoms with Crippen molar-refractivity contribution in [2.24, 2.45) is 0 Å². The molecule has 134 valence electrons. The van der Waals surface area contributed by atoms with Gasteiger partial charge in [-0.25, -0.2) is 0 Å². The Labute approximate surface area is 155 Å². The summed E-state index contributed by atoms with van der Waals surface area (Å²) in [6, 6.07) is 16.8. The molecule has 0 saturated carbocycles. The minimum Gasteiger partial charge on any atom is -0.489 e. The van der Waals surface area contributed by atoms with E-state index in [9.17, 15) is 0 Å².